The molecule has 1 aromatic rings. The third kappa shape index (κ3) is 3.69. The lowest BCUT2D eigenvalue weighted by Gasteiger charge is -2.35. The zero-order valence-electron chi connectivity index (χ0n) is 13.3. The number of esters is 1. The van der Waals surface area contributed by atoms with Crippen LogP contribution in [0.5, 0.6) is 0 Å². The Morgan fingerprint density at radius 3 is 2.62 bits per heavy atom. The number of nitrogens with zero attached hydrogens (tertiary/aromatic N) is 1. The SMILES string of the molecule is CCOC(=O)c1cc(N)ccc1N(C)C1CCC(C)CC1. The van der Waals surface area contributed by atoms with Crippen LogP contribution in [0.25, 0.3) is 0 Å². The van der Waals surface area contributed by atoms with Crippen molar-refractivity contribution in [2.75, 3.05) is 24.3 Å². The third-order valence-corrected chi connectivity index (χ3v) is 4.43. The van der Waals surface area contributed by atoms with E-state index in [0.29, 0.717) is 23.9 Å². The summed E-state index contributed by atoms with van der Waals surface area (Å²) in [6.45, 7) is 4.50. The van der Waals surface area contributed by atoms with Gasteiger partial charge in [-0.2, -0.15) is 0 Å². The van der Waals surface area contributed by atoms with Crippen LogP contribution in [0, 0.1) is 5.92 Å². The van der Waals surface area contributed by atoms with E-state index in [1.807, 2.05) is 19.1 Å². The van der Waals surface area contributed by atoms with Crippen LogP contribution in [0.15, 0.2) is 18.2 Å². The minimum absolute atomic E-state index is 0.296. The summed E-state index contributed by atoms with van der Waals surface area (Å²) < 4.78 is 5.16. The van der Waals surface area contributed by atoms with E-state index in [-0.39, 0.29) is 5.97 Å². The van der Waals surface area contributed by atoms with E-state index in [9.17, 15) is 4.79 Å². The Balaban J connectivity index is 2.23. The van der Waals surface area contributed by atoms with E-state index in [2.05, 4.69) is 18.9 Å². The Morgan fingerprint density at radius 1 is 1.33 bits per heavy atom. The molecule has 1 aliphatic rings. The molecular formula is C17H26N2O2. The largest absolute Gasteiger partial charge is 0.462 e. The standard InChI is InChI=1S/C17H26N2O2/c1-4-21-17(20)15-11-13(18)7-10-16(15)19(3)14-8-5-12(2)6-9-14/h7,10-12,14H,4-6,8-9,18H2,1-3H3. The van der Waals surface area contributed by atoms with Gasteiger partial charge in [0.1, 0.15) is 0 Å². The Hall–Kier alpha value is -1.71. The molecule has 0 saturated heterocycles. The van der Waals surface area contributed by atoms with Crippen LogP contribution >= 0.6 is 0 Å². The van der Waals surface area contributed by atoms with Gasteiger partial charge in [-0.25, -0.2) is 4.79 Å². The molecule has 0 bridgehead atoms. The number of ether oxygens (including phenoxy) is 1. The molecule has 21 heavy (non-hydrogen) atoms. The second-order valence-corrected chi connectivity index (χ2v) is 6.02. The van der Waals surface area contributed by atoms with Crippen LogP contribution < -0.4 is 10.6 Å². The highest BCUT2D eigenvalue weighted by atomic mass is 16.5. The Morgan fingerprint density at radius 2 is 2.00 bits per heavy atom. The van der Waals surface area contributed by atoms with E-state index in [1.54, 1.807) is 6.07 Å². The summed E-state index contributed by atoms with van der Waals surface area (Å²) in [7, 11) is 2.06. The molecule has 4 heteroatoms. The van der Waals surface area contributed by atoms with Crippen LogP contribution in [0.1, 0.15) is 49.9 Å². The first-order chi connectivity index (χ1) is 10.0. The highest BCUT2D eigenvalue weighted by molar-refractivity contribution is 5.97. The molecule has 4 nitrogen and oxygen atoms in total. The van der Waals surface area contributed by atoms with Crippen LogP contribution in [-0.2, 0) is 4.74 Å². The van der Waals surface area contributed by atoms with Gasteiger partial charge in [-0.1, -0.05) is 6.92 Å². The van der Waals surface area contributed by atoms with E-state index in [0.717, 1.165) is 11.6 Å². The van der Waals surface area contributed by atoms with Gasteiger partial charge in [0.25, 0.3) is 0 Å². The van der Waals surface area contributed by atoms with Crippen LogP contribution in [-0.4, -0.2) is 25.7 Å². The second-order valence-electron chi connectivity index (χ2n) is 6.02. The Labute approximate surface area is 127 Å². The molecule has 1 aromatic carbocycles. The summed E-state index contributed by atoms with van der Waals surface area (Å²) in [5.41, 5.74) is 7.91. The van der Waals surface area contributed by atoms with Crippen molar-refractivity contribution in [2.24, 2.45) is 5.92 Å². The lowest BCUT2D eigenvalue weighted by molar-refractivity contribution is 0.0527. The van der Waals surface area contributed by atoms with Gasteiger partial charge in [0.15, 0.2) is 0 Å². The van der Waals surface area contributed by atoms with Crippen molar-refractivity contribution in [1.82, 2.24) is 0 Å². The number of carbonyl (C=O) groups excluding carboxylic acids is 1. The number of hydrogen-bond acceptors (Lipinski definition) is 4. The van der Waals surface area contributed by atoms with Gasteiger partial charge in [-0.15, -0.1) is 0 Å². The third-order valence-electron chi connectivity index (χ3n) is 4.43. The number of nitrogens with two attached hydrogens (primary N) is 1. The predicted octanol–water partition coefficient (Wildman–Crippen LogP) is 3.46. The molecule has 0 aliphatic heterocycles. The van der Waals surface area contributed by atoms with Crippen LogP contribution in [0.4, 0.5) is 11.4 Å². The number of anilines is 2. The number of rotatable bonds is 4. The lowest BCUT2D eigenvalue weighted by atomic mass is 9.86. The highest BCUT2D eigenvalue weighted by Crippen LogP contribution is 2.32. The van der Waals surface area contributed by atoms with Gasteiger partial charge >= 0.3 is 5.97 Å². The maximum Gasteiger partial charge on any atom is 0.340 e. The molecular weight excluding hydrogens is 264 g/mol. The van der Waals surface area contributed by atoms with Crippen LogP contribution in [0.3, 0.4) is 0 Å². The smallest absolute Gasteiger partial charge is 0.340 e. The minimum Gasteiger partial charge on any atom is -0.462 e. The maximum absolute atomic E-state index is 12.2. The molecule has 2 rings (SSSR count). The van der Waals surface area contributed by atoms with E-state index in [4.69, 9.17) is 10.5 Å². The summed E-state index contributed by atoms with van der Waals surface area (Å²) in [5.74, 6) is 0.515. The predicted molar refractivity (Wildman–Crippen MR) is 86.6 cm³/mol. The number of benzene rings is 1. The molecule has 2 N–H and O–H groups in total. The first-order valence-electron chi connectivity index (χ1n) is 7.82. The van der Waals surface area contributed by atoms with Crippen molar-refractivity contribution in [2.45, 2.75) is 45.6 Å². The second kappa shape index (κ2) is 6.83. The van der Waals surface area contributed by atoms with Crippen molar-refractivity contribution >= 4 is 17.3 Å². The van der Waals surface area contributed by atoms with Crippen molar-refractivity contribution in [3.8, 4) is 0 Å². The van der Waals surface area contributed by atoms with Crippen molar-refractivity contribution < 1.29 is 9.53 Å². The van der Waals surface area contributed by atoms with Crippen molar-refractivity contribution in [3.05, 3.63) is 23.8 Å². The van der Waals surface area contributed by atoms with Crippen LogP contribution in [0.2, 0.25) is 0 Å². The first kappa shape index (κ1) is 15.7. The minimum atomic E-state index is -0.296. The van der Waals surface area contributed by atoms with E-state index < -0.39 is 0 Å². The molecule has 1 fully saturated rings. The molecule has 0 heterocycles. The van der Waals surface area contributed by atoms with E-state index >= 15 is 0 Å². The molecule has 1 saturated carbocycles. The van der Waals surface area contributed by atoms with Crippen molar-refractivity contribution in [3.63, 3.8) is 0 Å². The van der Waals surface area contributed by atoms with Gasteiger partial charge in [0.2, 0.25) is 0 Å². The highest BCUT2D eigenvalue weighted by Gasteiger charge is 2.25. The van der Waals surface area contributed by atoms with Gasteiger partial charge in [0, 0.05) is 18.8 Å². The zero-order chi connectivity index (χ0) is 15.4. The van der Waals surface area contributed by atoms with Gasteiger partial charge in [0.05, 0.1) is 17.9 Å². The molecule has 116 valence electrons. The van der Waals surface area contributed by atoms with Gasteiger partial charge in [-0.05, 0) is 56.7 Å². The fourth-order valence-electron chi connectivity index (χ4n) is 3.06. The summed E-state index contributed by atoms with van der Waals surface area (Å²) in [5, 5.41) is 0. The Kier molecular flexibility index (Phi) is 5.10. The van der Waals surface area contributed by atoms with Crippen molar-refractivity contribution in [1.29, 1.82) is 0 Å². The summed E-state index contributed by atoms with van der Waals surface area (Å²) in [4.78, 5) is 14.4. The topological polar surface area (TPSA) is 55.6 Å². The normalized spacial score (nSPS) is 21.9. The molecule has 0 spiro atoms. The molecule has 0 unspecified atom stereocenters. The van der Waals surface area contributed by atoms with Gasteiger partial charge in [-0.3, -0.25) is 0 Å². The monoisotopic (exact) mass is 290 g/mol. The van der Waals surface area contributed by atoms with E-state index in [1.165, 1.54) is 25.7 Å². The molecule has 0 aromatic heterocycles. The maximum atomic E-state index is 12.2. The summed E-state index contributed by atoms with van der Waals surface area (Å²) in [6.07, 6.45) is 4.84. The number of hydrogen-bond donors (Lipinski definition) is 1. The quantitative estimate of drug-likeness (QED) is 0.681. The first-order valence-corrected chi connectivity index (χ1v) is 7.82. The molecule has 0 amide bonds. The summed E-state index contributed by atoms with van der Waals surface area (Å²) >= 11 is 0. The number of nitrogen functional groups attached to an aromatic ring is 1. The molecule has 1 aliphatic carbocycles. The molecule has 0 radical (unpaired) electrons. The lowest BCUT2D eigenvalue weighted by Crippen LogP contribution is -2.35. The average Bonchev–Trinajstić information content (AvgIpc) is 2.47. The fraction of sp³-hybridized carbons (Fsp3) is 0.588. The number of carbonyl (C=O) groups is 1. The van der Waals surface area contributed by atoms with Gasteiger partial charge < -0.3 is 15.4 Å². The zero-order valence-corrected chi connectivity index (χ0v) is 13.3. The fourth-order valence-corrected chi connectivity index (χ4v) is 3.06. The average molecular weight is 290 g/mol. The summed E-state index contributed by atoms with van der Waals surface area (Å²) in [6, 6.07) is 5.98. The molecule has 0 atom stereocenters. The Bertz CT molecular complexity index is 494.